The Balaban J connectivity index is 1.69. The van der Waals surface area contributed by atoms with Crippen molar-refractivity contribution in [1.29, 1.82) is 0 Å². The van der Waals surface area contributed by atoms with E-state index in [1.54, 1.807) is 0 Å². The summed E-state index contributed by atoms with van der Waals surface area (Å²) in [4.78, 5) is 2.33. The molecule has 0 aliphatic carbocycles. The van der Waals surface area contributed by atoms with Gasteiger partial charge in [-0.15, -0.1) is 0 Å². The molecule has 2 aliphatic heterocycles. The van der Waals surface area contributed by atoms with E-state index in [-0.39, 0.29) is 16.6 Å². The third kappa shape index (κ3) is 7.24. The van der Waals surface area contributed by atoms with E-state index in [1.165, 1.54) is 58.7 Å². The minimum atomic E-state index is -3.95. The first-order chi connectivity index (χ1) is 20.3. The first kappa shape index (κ1) is 32.9. The minimum absolute atomic E-state index is 0.0756. The smallest absolute Gasteiger partial charge is 0.264 e. The quantitative estimate of drug-likeness (QED) is 0.108. The van der Waals surface area contributed by atoms with E-state index in [9.17, 15) is 13.0 Å². The molecule has 232 valence electrons. The Labute approximate surface area is 260 Å². The van der Waals surface area contributed by atoms with E-state index >= 15 is 0 Å². The van der Waals surface area contributed by atoms with Gasteiger partial charge in [0.25, 0.3) is 10.1 Å². The molecule has 4 rings (SSSR count). The van der Waals surface area contributed by atoms with E-state index in [0.29, 0.717) is 25.3 Å². The highest BCUT2D eigenvalue weighted by Crippen LogP contribution is 2.48. The summed E-state index contributed by atoms with van der Waals surface area (Å²) in [6.45, 7) is 17.7. The van der Waals surface area contributed by atoms with E-state index in [4.69, 9.17) is 0 Å². The molecule has 43 heavy (non-hydrogen) atoms. The zero-order chi connectivity index (χ0) is 31.4. The number of para-hydroxylation sites is 2. The van der Waals surface area contributed by atoms with Crippen LogP contribution in [0.3, 0.4) is 0 Å². The standard InChI is InChI=1S/C37H50N2O3S/c1-8-9-14-25-38-32-19-12-10-17-30(32)36(4,5)34(38)23-21-29(28(2)3)22-24-35-37(6,7)31-18-11-13-20-33(31)39(35)26-15-16-27-43(40,41)42/h10-13,17-24,28H,8-9,14-16,25-27H2,1-7H3/p+1. The third-order valence-corrected chi connectivity index (χ3v) is 9.96. The predicted molar refractivity (Wildman–Crippen MR) is 181 cm³/mol. The summed E-state index contributed by atoms with van der Waals surface area (Å²) in [7, 11) is -3.95. The Morgan fingerprint density at radius 3 is 2.28 bits per heavy atom. The van der Waals surface area contributed by atoms with Crippen molar-refractivity contribution in [3.8, 4) is 0 Å². The molecule has 0 aromatic heterocycles. The fourth-order valence-electron chi connectivity index (χ4n) is 6.63. The average Bonchev–Trinajstić information content (AvgIpc) is 3.29. The Morgan fingerprint density at radius 1 is 0.930 bits per heavy atom. The Kier molecular flexibility index (Phi) is 10.2. The molecule has 0 saturated carbocycles. The number of hydrogen-bond acceptors (Lipinski definition) is 3. The number of allylic oxidation sites excluding steroid dienone is 6. The van der Waals surface area contributed by atoms with E-state index < -0.39 is 10.1 Å². The van der Waals surface area contributed by atoms with Crippen LogP contribution in [0, 0.1) is 5.92 Å². The van der Waals surface area contributed by atoms with Gasteiger partial charge in [0.15, 0.2) is 5.71 Å². The van der Waals surface area contributed by atoms with Crippen LogP contribution in [-0.4, -0.2) is 42.1 Å². The SMILES string of the molecule is CCCCC[N+]1=C(C=CC(=CC=C2N(CCCCS(=O)(=O)O)c3ccccc3C2(C)C)C(C)C)C(C)(C)c2ccccc21. The lowest BCUT2D eigenvalue weighted by molar-refractivity contribution is -0.438. The highest BCUT2D eigenvalue weighted by atomic mass is 32.2. The van der Waals surface area contributed by atoms with Crippen molar-refractivity contribution >= 4 is 27.2 Å². The summed E-state index contributed by atoms with van der Waals surface area (Å²) in [6.07, 6.45) is 13.9. The van der Waals surface area contributed by atoms with Gasteiger partial charge in [0.2, 0.25) is 5.69 Å². The van der Waals surface area contributed by atoms with Crippen LogP contribution < -0.4 is 4.90 Å². The van der Waals surface area contributed by atoms with Crippen LogP contribution in [0.25, 0.3) is 0 Å². The van der Waals surface area contributed by atoms with Crippen molar-refractivity contribution in [2.24, 2.45) is 5.92 Å². The highest BCUT2D eigenvalue weighted by Gasteiger charge is 2.44. The van der Waals surface area contributed by atoms with Gasteiger partial charge in [-0.25, -0.2) is 0 Å². The van der Waals surface area contributed by atoms with Crippen LogP contribution in [0.5, 0.6) is 0 Å². The first-order valence-electron chi connectivity index (χ1n) is 16.0. The maximum Gasteiger partial charge on any atom is 0.264 e. The number of unbranched alkanes of at least 4 members (excludes halogenated alkanes) is 3. The number of anilines is 1. The summed E-state index contributed by atoms with van der Waals surface area (Å²) in [5, 5.41) is 0. The molecule has 0 fully saturated rings. The van der Waals surface area contributed by atoms with Crippen LogP contribution in [0.1, 0.15) is 91.7 Å². The number of benzene rings is 2. The maximum absolute atomic E-state index is 11.3. The second-order valence-electron chi connectivity index (χ2n) is 13.4. The van der Waals surface area contributed by atoms with Gasteiger partial charge in [-0.3, -0.25) is 4.55 Å². The molecular weight excluding hydrogens is 552 g/mol. The molecular formula is C37H51N2O3S+. The van der Waals surface area contributed by atoms with Crippen molar-refractivity contribution in [1.82, 2.24) is 0 Å². The molecule has 2 aromatic carbocycles. The van der Waals surface area contributed by atoms with Crippen molar-refractivity contribution in [3.05, 3.63) is 95.2 Å². The lowest BCUT2D eigenvalue weighted by atomic mass is 9.81. The predicted octanol–water partition coefficient (Wildman–Crippen LogP) is 8.74. The molecule has 0 unspecified atom stereocenters. The normalized spacial score (nSPS) is 18.8. The molecule has 2 heterocycles. The number of nitrogens with zero attached hydrogens (tertiary/aromatic N) is 2. The molecule has 0 saturated heterocycles. The molecule has 1 N–H and O–H groups in total. The second-order valence-corrected chi connectivity index (χ2v) is 15.0. The van der Waals surface area contributed by atoms with Crippen LogP contribution in [0.15, 0.2) is 84.1 Å². The largest absolute Gasteiger partial charge is 0.344 e. The summed E-state index contributed by atoms with van der Waals surface area (Å²) in [5.74, 6) is 0.131. The van der Waals surface area contributed by atoms with E-state index in [1.807, 2.05) is 0 Å². The summed E-state index contributed by atoms with van der Waals surface area (Å²) in [6, 6.07) is 17.3. The molecule has 2 aromatic rings. The third-order valence-electron chi connectivity index (χ3n) is 9.15. The zero-order valence-corrected chi connectivity index (χ0v) is 28.0. The summed E-state index contributed by atoms with van der Waals surface area (Å²) >= 11 is 0. The van der Waals surface area contributed by atoms with Gasteiger partial charge in [-0.05, 0) is 62.3 Å². The summed E-state index contributed by atoms with van der Waals surface area (Å²) < 4.78 is 34.3. The molecule has 0 radical (unpaired) electrons. The number of rotatable bonds is 13. The van der Waals surface area contributed by atoms with Crippen LogP contribution in [0.4, 0.5) is 11.4 Å². The van der Waals surface area contributed by atoms with E-state index in [2.05, 4.69) is 131 Å². The van der Waals surface area contributed by atoms with Gasteiger partial charge in [0, 0.05) is 47.5 Å². The Morgan fingerprint density at radius 2 is 1.60 bits per heavy atom. The highest BCUT2D eigenvalue weighted by molar-refractivity contribution is 7.85. The summed E-state index contributed by atoms with van der Waals surface area (Å²) in [5.41, 5.74) is 8.70. The van der Waals surface area contributed by atoms with Gasteiger partial charge in [0.1, 0.15) is 6.54 Å². The lowest BCUT2D eigenvalue weighted by Gasteiger charge is -2.27. The van der Waals surface area contributed by atoms with Gasteiger partial charge in [-0.1, -0.05) is 89.6 Å². The topological polar surface area (TPSA) is 60.6 Å². The van der Waals surface area contributed by atoms with Gasteiger partial charge >= 0.3 is 0 Å². The number of hydrogen-bond donors (Lipinski definition) is 1. The number of fused-ring (bicyclic) bond motifs is 2. The molecule has 0 bridgehead atoms. The van der Waals surface area contributed by atoms with E-state index in [0.717, 1.165) is 6.54 Å². The van der Waals surface area contributed by atoms with Crippen molar-refractivity contribution in [3.63, 3.8) is 0 Å². The van der Waals surface area contributed by atoms with Crippen molar-refractivity contribution < 1.29 is 17.5 Å². The van der Waals surface area contributed by atoms with Gasteiger partial charge in [0.05, 0.1) is 11.2 Å². The fourth-order valence-corrected chi connectivity index (χ4v) is 7.20. The monoisotopic (exact) mass is 603 g/mol. The maximum atomic E-state index is 11.3. The molecule has 6 heteroatoms. The van der Waals surface area contributed by atoms with Crippen LogP contribution in [0.2, 0.25) is 0 Å². The Hall–Kier alpha value is -2.96. The van der Waals surface area contributed by atoms with Crippen molar-refractivity contribution in [2.75, 3.05) is 23.7 Å². The van der Waals surface area contributed by atoms with Gasteiger partial charge < -0.3 is 4.90 Å². The molecule has 0 atom stereocenters. The second kappa shape index (κ2) is 13.4. The van der Waals surface area contributed by atoms with Crippen LogP contribution in [-0.2, 0) is 20.9 Å². The first-order valence-corrected chi connectivity index (χ1v) is 17.6. The van der Waals surface area contributed by atoms with Crippen molar-refractivity contribution in [2.45, 2.75) is 91.4 Å². The molecule has 0 amide bonds. The molecule has 0 spiro atoms. The van der Waals surface area contributed by atoms with Gasteiger partial charge in [-0.2, -0.15) is 13.0 Å². The lowest BCUT2D eigenvalue weighted by Crippen LogP contribution is -2.28. The minimum Gasteiger partial charge on any atom is -0.344 e. The fraction of sp³-hybridized carbons (Fsp3) is 0.486. The molecule has 2 aliphatic rings. The Bertz CT molecular complexity index is 1540. The van der Waals surface area contributed by atoms with Crippen LogP contribution >= 0.6 is 0 Å². The average molecular weight is 604 g/mol. The molecule has 5 nitrogen and oxygen atoms in total. The zero-order valence-electron chi connectivity index (χ0n) is 27.2.